The van der Waals surface area contributed by atoms with Crippen molar-refractivity contribution < 1.29 is 4.39 Å². The van der Waals surface area contributed by atoms with E-state index in [0.717, 1.165) is 50.9 Å². The Kier molecular flexibility index (Phi) is 9.70. The number of anilines is 1. The lowest BCUT2D eigenvalue weighted by Crippen LogP contribution is -2.49. The first kappa shape index (κ1) is 20.7. The molecule has 0 aromatic heterocycles. The third-order valence-corrected chi connectivity index (χ3v) is 3.92. The molecule has 2 rings (SSSR count). The van der Waals surface area contributed by atoms with Crippen molar-refractivity contribution in [1.29, 1.82) is 0 Å². The van der Waals surface area contributed by atoms with Crippen LogP contribution in [-0.4, -0.2) is 63.7 Å². The van der Waals surface area contributed by atoms with Gasteiger partial charge in [-0.15, -0.1) is 30.6 Å². The van der Waals surface area contributed by atoms with Crippen LogP contribution in [0.2, 0.25) is 0 Å². The van der Waals surface area contributed by atoms with Gasteiger partial charge in [0.15, 0.2) is 5.96 Å². The molecule has 1 fully saturated rings. The van der Waals surface area contributed by atoms with E-state index in [0.29, 0.717) is 6.54 Å². The van der Waals surface area contributed by atoms with Gasteiger partial charge in [-0.05, 0) is 24.3 Å². The Hall–Kier alpha value is -1.35. The highest BCUT2D eigenvalue weighted by atomic mass is 127. The van der Waals surface area contributed by atoms with Crippen LogP contribution in [-0.2, 0) is 0 Å². The van der Waals surface area contributed by atoms with E-state index in [1.807, 2.05) is 18.2 Å². The summed E-state index contributed by atoms with van der Waals surface area (Å²) in [6, 6.07) is 6.74. The first-order valence-electron chi connectivity index (χ1n) is 8.01. The molecule has 0 unspecified atom stereocenters. The lowest BCUT2D eigenvalue weighted by Gasteiger charge is -2.36. The Morgan fingerprint density at radius 1 is 1.21 bits per heavy atom. The van der Waals surface area contributed by atoms with Gasteiger partial charge >= 0.3 is 0 Å². The number of nitrogens with one attached hydrogen (secondary N) is 2. The number of piperazine rings is 1. The molecule has 0 saturated carbocycles. The van der Waals surface area contributed by atoms with Gasteiger partial charge in [-0.2, -0.15) is 0 Å². The van der Waals surface area contributed by atoms with Crippen molar-refractivity contribution in [2.45, 2.75) is 0 Å². The van der Waals surface area contributed by atoms with E-state index >= 15 is 0 Å². The maximum Gasteiger partial charge on any atom is 0.191 e. The number of hydrogen-bond donors (Lipinski definition) is 2. The number of guanidine groups is 1. The van der Waals surface area contributed by atoms with E-state index in [4.69, 9.17) is 0 Å². The number of halogens is 2. The van der Waals surface area contributed by atoms with Gasteiger partial charge in [0, 0.05) is 58.5 Å². The summed E-state index contributed by atoms with van der Waals surface area (Å²) in [4.78, 5) is 8.88. The molecule has 2 N–H and O–H groups in total. The predicted molar refractivity (Wildman–Crippen MR) is 110 cm³/mol. The molecule has 0 bridgehead atoms. The summed E-state index contributed by atoms with van der Waals surface area (Å²) in [7, 11) is 1.76. The second-order valence-corrected chi connectivity index (χ2v) is 5.47. The summed E-state index contributed by atoms with van der Waals surface area (Å²) in [6.45, 7) is 10.2. The van der Waals surface area contributed by atoms with Gasteiger partial charge in [0.05, 0.1) is 0 Å². The minimum atomic E-state index is -0.183. The van der Waals surface area contributed by atoms with Crippen LogP contribution in [0.4, 0.5) is 10.1 Å². The Bertz CT molecular complexity index is 512. The van der Waals surface area contributed by atoms with Crippen molar-refractivity contribution >= 4 is 35.6 Å². The normalized spacial score (nSPS) is 15.6. The van der Waals surface area contributed by atoms with Crippen molar-refractivity contribution in [3.8, 4) is 0 Å². The van der Waals surface area contributed by atoms with Crippen LogP contribution < -0.4 is 15.5 Å². The molecular weight excluding hydrogens is 420 g/mol. The lowest BCUT2D eigenvalue weighted by atomic mass is 10.2. The van der Waals surface area contributed by atoms with E-state index < -0.39 is 0 Å². The fourth-order valence-electron chi connectivity index (χ4n) is 2.60. The molecule has 7 heteroatoms. The molecule has 1 aromatic rings. The Balaban J connectivity index is 0.00000288. The lowest BCUT2D eigenvalue weighted by molar-refractivity contribution is 0.261. The SMILES string of the molecule is C=CCNC(=NC)NCCN1CCN(c2ccc(F)cc2)CC1.I. The van der Waals surface area contributed by atoms with Gasteiger partial charge in [0.2, 0.25) is 0 Å². The van der Waals surface area contributed by atoms with Crippen molar-refractivity contribution in [1.82, 2.24) is 15.5 Å². The van der Waals surface area contributed by atoms with Gasteiger partial charge < -0.3 is 15.5 Å². The van der Waals surface area contributed by atoms with E-state index in [1.54, 1.807) is 7.05 Å². The summed E-state index contributed by atoms with van der Waals surface area (Å²) in [5.41, 5.74) is 1.10. The largest absolute Gasteiger partial charge is 0.369 e. The Morgan fingerprint density at radius 2 is 1.88 bits per heavy atom. The molecule has 24 heavy (non-hydrogen) atoms. The molecule has 1 heterocycles. The summed E-state index contributed by atoms with van der Waals surface area (Å²) >= 11 is 0. The third kappa shape index (κ3) is 6.64. The summed E-state index contributed by atoms with van der Waals surface area (Å²) in [5.74, 6) is 0.617. The first-order valence-corrected chi connectivity index (χ1v) is 8.01. The van der Waals surface area contributed by atoms with E-state index in [-0.39, 0.29) is 29.8 Å². The summed E-state index contributed by atoms with van der Waals surface area (Å²) < 4.78 is 13.0. The molecule has 1 aliphatic rings. The zero-order chi connectivity index (χ0) is 16.5. The van der Waals surface area contributed by atoms with Gasteiger partial charge in [-0.1, -0.05) is 6.08 Å². The first-order chi connectivity index (χ1) is 11.2. The average Bonchev–Trinajstić information content (AvgIpc) is 2.59. The molecule has 1 aromatic carbocycles. The van der Waals surface area contributed by atoms with Gasteiger partial charge in [-0.3, -0.25) is 9.89 Å². The molecule has 5 nitrogen and oxygen atoms in total. The van der Waals surface area contributed by atoms with Crippen LogP contribution in [0.1, 0.15) is 0 Å². The zero-order valence-corrected chi connectivity index (χ0v) is 16.5. The Labute approximate surface area is 161 Å². The summed E-state index contributed by atoms with van der Waals surface area (Å²) in [6.07, 6.45) is 1.81. The molecule has 0 aliphatic carbocycles. The molecule has 0 spiro atoms. The molecular formula is C17H27FIN5. The maximum absolute atomic E-state index is 13.0. The highest BCUT2D eigenvalue weighted by molar-refractivity contribution is 14.0. The van der Waals surface area contributed by atoms with E-state index in [1.165, 1.54) is 12.1 Å². The molecule has 0 radical (unpaired) electrons. The Morgan fingerprint density at radius 3 is 2.46 bits per heavy atom. The second kappa shape index (κ2) is 11.2. The molecule has 0 amide bonds. The van der Waals surface area contributed by atoms with Crippen molar-refractivity contribution in [3.05, 3.63) is 42.7 Å². The van der Waals surface area contributed by atoms with Crippen molar-refractivity contribution in [2.75, 3.05) is 57.8 Å². The minimum absolute atomic E-state index is 0. The zero-order valence-electron chi connectivity index (χ0n) is 14.2. The number of aliphatic imine (C=N–C) groups is 1. The molecule has 1 aliphatic heterocycles. The highest BCUT2D eigenvalue weighted by Gasteiger charge is 2.16. The fraction of sp³-hybridized carbons (Fsp3) is 0.471. The predicted octanol–water partition coefficient (Wildman–Crippen LogP) is 1.92. The molecule has 0 atom stereocenters. The van der Waals surface area contributed by atoms with Crippen LogP contribution in [0.5, 0.6) is 0 Å². The van der Waals surface area contributed by atoms with Crippen LogP contribution in [0.25, 0.3) is 0 Å². The van der Waals surface area contributed by atoms with Crippen LogP contribution in [0, 0.1) is 5.82 Å². The summed E-state index contributed by atoms with van der Waals surface area (Å²) in [5, 5.41) is 6.45. The molecule has 1 saturated heterocycles. The van der Waals surface area contributed by atoms with E-state index in [2.05, 4.69) is 32.0 Å². The van der Waals surface area contributed by atoms with Gasteiger partial charge in [0.1, 0.15) is 5.82 Å². The van der Waals surface area contributed by atoms with Gasteiger partial charge in [0.25, 0.3) is 0 Å². The number of benzene rings is 1. The second-order valence-electron chi connectivity index (χ2n) is 5.47. The highest BCUT2D eigenvalue weighted by Crippen LogP contribution is 2.16. The van der Waals surface area contributed by atoms with Crippen LogP contribution in [0.3, 0.4) is 0 Å². The topological polar surface area (TPSA) is 42.9 Å². The van der Waals surface area contributed by atoms with Crippen molar-refractivity contribution in [3.63, 3.8) is 0 Å². The van der Waals surface area contributed by atoms with Crippen molar-refractivity contribution in [2.24, 2.45) is 4.99 Å². The smallest absolute Gasteiger partial charge is 0.191 e. The van der Waals surface area contributed by atoms with Crippen LogP contribution in [0.15, 0.2) is 41.9 Å². The van der Waals surface area contributed by atoms with Gasteiger partial charge in [-0.25, -0.2) is 4.39 Å². The number of rotatable bonds is 6. The molecule has 134 valence electrons. The van der Waals surface area contributed by atoms with E-state index in [9.17, 15) is 4.39 Å². The monoisotopic (exact) mass is 447 g/mol. The third-order valence-electron chi connectivity index (χ3n) is 3.92. The fourth-order valence-corrected chi connectivity index (χ4v) is 2.60. The number of nitrogens with zero attached hydrogens (tertiary/aromatic N) is 3. The number of hydrogen-bond acceptors (Lipinski definition) is 3. The maximum atomic E-state index is 13.0. The standard InChI is InChI=1S/C17H26FN5.HI/c1-3-8-20-17(19-2)21-9-10-22-11-13-23(14-12-22)16-6-4-15(18)5-7-16;/h3-7H,1,8-14H2,2H3,(H2,19,20,21);1H. The van der Waals surface area contributed by atoms with Crippen LogP contribution >= 0.6 is 24.0 Å². The average molecular weight is 447 g/mol. The minimum Gasteiger partial charge on any atom is -0.369 e. The quantitative estimate of drug-likeness (QED) is 0.303.